The quantitative estimate of drug-likeness (QED) is 0.704. The third kappa shape index (κ3) is 4.31. The molecule has 2 N–H and O–H groups in total. The maximum Gasteiger partial charge on any atom is 0.339 e. The average molecular weight is 282 g/mol. The first-order valence-corrected chi connectivity index (χ1v) is 7.05. The van der Waals surface area contributed by atoms with Crippen molar-refractivity contribution in [1.82, 2.24) is 20.0 Å². The standard InChI is InChI=1S/C14H26N4O2/c1-10(2)18(11(3)4)7-6-15-9-13-12(14(19)20)8-16-17(13)5/h8,10-11,15H,6-7,9H2,1-5H3,(H,19,20). The first kappa shape index (κ1) is 16.7. The monoisotopic (exact) mass is 282 g/mol. The van der Waals surface area contributed by atoms with Gasteiger partial charge in [-0.3, -0.25) is 9.58 Å². The fraction of sp³-hybridized carbons (Fsp3) is 0.714. The topological polar surface area (TPSA) is 70.4 Å². The van der Waals surface area contributed by atoms with E-state index in [0.717, 1.165) is 13.1 Å². The van der Waals surface area contributed by atoms with E-state index < -0.39 is 5.97 Å². The molecule has 0 aliphatic heterocycles. The Hall–Kier alpha value is -1.40. The fourth-order valence-corrected chi connectivity index (χ4v) is 2.38. The molecular weight excluding hydrogens is 256 g/mol. The van der Waals surface area contributed by atoms with Gasteiger partial charge in [0, 0.05) is 38.8 Å². The number of carboxylic acid groups (broad SMARTS) is 1. The van der Waals surface area contributed by atoms with Crippen LogP contribution in [0.2, 0.25) is 0 Å². The Labute approximate surface area is 120 Å². The Bertz CT molecular complexity index is 432. The van der Waals surface area contributed by atoms with E-state index in [1.54, 1.807) is 11.7 Å². The molecule has 114 valence electrons. The maximum absolute atomic E-state index is 11.1. The second-order valence-corrected chi connectivity index (χ2v) is 5.54. The molecule has 0 saturated heterocycles. The highest BCUT2D eigenvalue weighted by Gasteiger charge is 2.15. The molecular formula is C14H26N4O2. The van der Waals surface area contributed by atoms with Gasteiger partial charge in [-0.1, -0.05) is 0 Å². The summed E-state index contributed by atoms with van der Waals surface area (Å²) in [6.45, 7) is 11.0. The number of rotatable bonds is 8. The van der Waals surface area contributed by atoms with Crippen molar-refractivity contribution >= 4 is 5.97 Å². The van der Waals surface area contributed by atoms with E-state index in [1.165, 1.54) is 6.20 Å². The zero-order valence-corrected chi connectivity index (χ0v) is 13.1. The van der Waals surface area contributed by atoms with Crippen LogP contribution in [0.3, 0.4) is 0 Å². The van der Waals surface area contributed by atoms with Crippen molar-refractivity contribution in [2.24, 2.45) is 7.05 Å². The number of aromatic carboxylic acids is 1. The van der Waals surface area contributed by atoms with Crippen molar-refractivity contribution < 1.29 is 9.90 Å². The van der Waals surface area contributed by atoms with E-state index in [-0.39, 0.29) is 5.56 Å². The molecule has 1 heterocycles. The summed E-state index contributed by atoms with van der Waals surface area (Å²) in [5, 5.41) is 16.4. The van der Waals surface area contributed by atoms with Crippen LogP contribution in [0.1, 0.15) is 43.7 Å². The van der Waals surface area contributed by atoms with E-state index in [1.807, 2.05) is 0 Å². The molecule has 0 saturated carbocycles. The van der Waals surface area contributed by atoms with Crippen molar-refractivity contribution in [2.45, 2.75) is 46.3 Å². The van der Waals surface area contributed by atoms with Crippen LogP contribution in [0.4, 0.5) is 0 Å². The second kappa shape index (κ2) is 7.40. The molecule has 1 rings (SSSR count). The molecule has 0 aliphatic carbocycles. The number of hydrogen-bond acceptors (Lipinski definition) is 4. The van der Waals surface area contributed by atoms with E-state index in [2.05, 4.69) is 43.0 Å². The highest BCUT2D eigenvalue weighted by atomic mass is 16.4. The van der Waals surface area contributed by atoms with E-state index >= 15 is 0 Å². The van der Waals surface area contributed by atoms with Crippen molar-refractivity contribution in [3.05, 3.63) is 17.5 Å². The van der Waals surface area contributed by atoms with Gasteiger partial charge in [-0.25, -0.2) is 4.79 Å². The molecule has 0 aromatic carbocycles. The van der Waals surface area contributed by atoms with Crippen LogP contribution in [0.25, 0.3) is 0 Å². The minimum atomic E-state index is -0.930. The molecule has 6 nitrogen and oxygen atoms in total. The van der Waals surface area contributed by atoms with Gasteiger partial charge in [0.05, 0.1) is 11.9 Å². The number of carboxylic acids is 1. The number of nitrogens with zero attached hydrogens (tertiary/aromatic N) is 3. The normalized spacial score (nSPS) is 11.8. The van der Waals surface area contributed by atoms with Gasteiger partial charge < -0.3 is 10.4 Å². The summed E-state index contributed by atoms with van der Waals surface area (Å²) in [7, 11) is 1.76. The van der Waals surface area contributed by atoms with Crippen LogP contribution < -0.4 is 5.32 Å². The highest BCUT2D eigenvalue weighted by Crippen LogP contribution is 2.07. The molecule has 0 fully saturated rings. The minimum Gasteiger partial charge on any atom is -0.478 e. The fourth-order valence-electron chi connectivity index (χ4n) is 2.38. The molecule has 0 amide bonds. The van der Waals surface area contributed by atoms with Gasteiger partial charge in [-0.2, -0.15) is 5.10 Å². The SMILES string of the molecule is CC(C)N(CCNCc1c(C(=O)O)cnn1C)C(C)C. The summed E-state index contributed by atoms with van der Waals surface area (Å²) in [6.07, 6.45) is 1.40. The zero-order valence-electron chi connectivity index (χ0n) is 13.1. The van der Waals surface area contributed by atoms with Gasteiger partial charge in [0.2, 0.25) is 0 Å². The van der Waals surface area contributed by atoms with Gasteiger partial charge in [0.1, 0.15) is 5.56 Å². The summed E-state index contributed by atoms with van der Waals surface area (Å²) in [5.74, 6) is -0.930. The molecule has 0 unspecified atom stereocenters. The van der Waals surface area contributed by atoms with Crippen LogP contribution in [0.5, 0.6) is 0 Å². The minimum absolute atomic E-state index is 0.268. The molecule has 6 heteroatoms. The van der Waals surface area contributed by atoms with E-state index in [0.29, 0.717) is 24.3 Å². The molecule has 20 heavy (non-hydrogen) atoms. The lowest BCUT2D eigenvalue weighted by Gasteiger charge is -2.30. The lowest BCUT2D eigenvalue weighted by atomic mass is 10.2. The van der Waals surface area contributed by atoms with E-state index in [9.17, 15) is 4.79 Å². The lowest BCUT2D eigenvalue weighted by Crippen LogP contribution is -2.41. The molecule has 1 aromatic heterocycles. The first-order valence-electron chi connectivity index (χ1n) is 7.05. The summed E-state index contributed by atoms with van der Waals surface area (Å²) in [5.41, 5.74) is 0.975. The Morgan fingerprint density at radius 2 is 2.00 bits per heavy atom. The number of nitrogens with one attached hydrogen (secondary N) is 1. The molecule has 0 spiro atoms. The second-order valence-electron chi connectivity index (χ2n) is 5.54. The van der Waals surface area contributed by atoms with Crippen LogP contribution in [-0.2, 0) is 13.6 Å². The van der Waals surface area contributed by atoms with Gasteiger partial charge in [0.25, 0.3) is 0 Å². The Morgan fingerprint density at radius 3 is 2.50 bits per heavy atom. The lowest BCUT2D eigenvalue weighted by molar-refractivity contribution is 0.0695. The Kier molecular flexibility index (Phi) is 6.16. The number of aromatic nitrogens is 2. The molecule has 0 radical (unpaired) electrons. The zero-order chi connectivity index (χ0) is 15.3. The third-order valence-electron chi connectivity index (χ3n) is 3.46. The summed E-state index contributed by atoms with van der Waals surface area (Å²) in [6, 6.07) is 1.01. The smallest absolute Gasteiger partial charge is 0.339 e. The van der Waals surface area contributed by atoms with Crippen LogP contribution in [-0.4, -0.2) is 50.9 Å². The molecule has 1 aromatic rings. The number of carbonyl (C=O) groups is 1. The Balaban J connectivity index is 2.49. The van der Waals surface area contributed by atoms with E-state index in [4.69, 9.17) is 5.11 Å². The summed E-state index contributed by atoms with van der Waals surface area (Å²) >= 11 is 0. The van der Waals surface area contributed by atoms with Gasteiger partial charge in [-0.15, -0.1) is 0 Å². The van der Waals surface area contributed by atoms with Crippen molar-refractivity contribution in [3.8, 4) is 0 Å². The van der Waals surface area contributed by atoms with Gasteiger partial charge >= 0.3 is 5.97 Å². The van der Waals surface area contributed by atoms with Crippen LogP contribution in [0.15, 0.2) is 6.20 Å². The van der Waals surface area contributed by atoms with Crippen molar-refractivity contribution in [3.63, 3.8) is 0 Å². The van der Waals surface area contributed by atoms with Crippen LogP contribution >= 0.6 is 0 Å². The number of aryl methyl sites for hydroxylation is 1. The van der Waals surface area contributed by atoms with Gasteiger partial charge in [0.15, 0.2) is 0 Å². The van der Waals surface area contributed by atoms with Gasteiger partial charge in [-0.05, 0) is 27.7 Å². The molecule has 0 bridgehead atoms. The predicted octanol–water partition coefficient (Wildman–Crippen LogP) is 1.33. The molecule has 0 atom stereocenters. The third-order valence-corrected chi connectivity index (χ3v) is 3.46. The highest BCUT2D eigenvalue weighted by molar-refractivity contribution is 5.88. The largest absolute Gasteiger partial charge is 0.478 e. The maximum atomic E-state index is 11.1. The molecule has 0 aliphatic rings. The van der Waals surface area contributed by atoms with Crippen molar-refractivity contribution in [2.75, 3.05) is 13.1 Å². The van der Waals surface area contributed by atoms with Crippen molar-refractivity contribution in [1.29, 1.82) is 0 Å². The average Bonchev–Trinajstić information content (AvgIpc) is 2.69. The summed E-state index contributed by atoms with van der Waals surface area (Å²) < 4.78 is 1.61. The first-order chi connectivity index (χ1) is 9.34. The Morgan fingerprint density at radius 1 is 1.40 bits per heavy atom. The van der Waals surface area contributed by atoms with Crippen LogP contribution in [0, 0.1) is 0 Å². The number of hydrogen-bond donors (Lipinski definition) is 2. The summed E-state index contributed by atoms with van der Waals surface area (Å²) in [4.78, 5) is 13.5. The predicted molar refractivity (Wildman–Crippen MR) is 78.9 cm³/mol.